The van der Waals surface area contributed by atoms with E-state index in [0.29, 0.717) is 0 Å². The van der Waals surface area contributed by atoms with Gasteiger partial charge in [0, 0.05) is 18.9 Å². The van der Waals surface area contributed by atoms with Gasteiger partial charge >= 0.3 is 0 Å². The molecule has 0 spiro atoms. The predicted molar refractivity (Wildman–Crippen MR) is 58.2 cm³/mol. The Kier molecular flexibility index (Phi) is 2.38. The first-order chi connectivity index (χ1) is 5.82. The number of hydrogen-bond donors (Lipinski definition) is 0. The highest BCUT2D eigenvalue weighted by Gasteiger charge is 2.19. The quantitative estimate of drug-likeness (QED) is 0.548. The van der Waals surface area contributed by atoms with E-state index in [1.54, 1.807) is 0 Å². The maximum Gasteiger partial charge on any atom is 0.0360 e. The van der Waals surface area contributed by atoms with Crippen LogP contribution in [0.2, 0.25) is 0 Å². The van der Waals surface area contributed by atoms with Gasteiger partial charge in [0.15, 0.2) is 0 Å². The van der Waals surface area contributed by atoms with Crippen LogP contribution in [0.25, 0.3) is 0 Å². The Balaban J connectivity index is 3.05. The van der Waals surface area contributed by atoms with Gasteiger partial charge in [-0.2, -0.15) is 0 Å². The molecule has 0 atom stereocenters. The van der Waals surface area contributed by atoms with Gasteiger partial charge in [-0.05, 0) is 23.5 Å². The highest BCUT2D eigenvalue weighted by Crippen LogP contribution is 2.32. The van der Waals surface area contributed by atoms with Gasteiger partial charge in [-0.1, -0.05) is 33.4 Å². The molecule has 0 fully saturated rings. The minimum Gasteiger partial charge on any atom is -0.351 e. The molecule has 0 saturated heterocycles. The summed E-state index contributed by atoms with van der Waals surface area (Å²) in [5.41, 5.74) is 3.93. The summed E-state index contributed by atoms with van der Waals surface area (Å²) in [5.74, 6) is 0. The van der Waals surface area contributed by atoms with E-state index < -0.39 is 0 Å². The largest absolute Gasteiger partial charge is 0.351 e. The van der Waals surface area contributed by atoms with Crippen molar-refractivity contribution in [1.82, 2.24) is 4.90 Å². The summed E-state index contributed by atoms with van der Waals surface area (Å²) in [4.78, 5) is 2.09. The van der Waals surface area contributed by atoms with Crippen LogP contribution in [-0.2, 0) is 0 Å². The Morgan fingerprint density at radius 3 is 2.23 bits per heavy atom. The van der Waals surface area contributed by atoms with Crippen LogP contribution >= 0.6 is 0 Å². The predicted octanol–water partition coefficient (Wildman–Crippen LogP) is 3.32. The zero-order valence-electron chi connectivity index (χ0n) is 9.31. The zero-order chi connectivity index (χ0) is 10.2. The van der Waals surface area contributed by atoms with E-state index in [2.05, 4.69) is 51.4 Å². The molecular weight excluding hydrogens is 158 g/mol. The molecule has 0 radical (unpaired) electrons. The topological polar surface area (TPSA) is 3.24 Å². The van der Waals surface area contributed by atoms with Gasteiger partial charge in [0.25, 0.3) is 0 Å². The number of rotatable bonds is 0. The Morgan fingerprint density at radius 2 is 1.85 bits per heavy atom. The third kappa shape index (κ3) is 2.03. The fourth-order valence-corrected chi connectivity index (χ4v) is 1.33. The molecule has 0 unspecified atom stereocenters. The highest BCUT2D eigenvalue weighted by atomic mass is 15.1. The van der Waals surface area contributed by atoms with E-state index in [9.17, 15) is 0 Å². The molecule has 0 aliphatic carbocycles. The lowest BCUT2D eigenvalue weighted by molar-refractivity contribution is 0.479. The fourth-order valence-electron chi connectivity index (χ4n) is 1.33. The maximum absolute atomic E-state index is 4.01. The van der Waals surface area contributed by atoms with E-state index >= 15 is 0 Å². The molecule has 1 rings (SSSR count). The molecule has 0 bridgehead atoms. The molecule has 1 aliphatic rings. The van der Waals surface area contributed by atoms with Crippen LogP contribution in [0.3, 0.4) is 0 Å². The Hall–Kier alpha value is -0.980. The van der Waals surface area contributed by atoms with Crippen LogP contribution < -0.4 is 0 Å². The monoisotopic (exact) mass is 177 g/mol. The van der Waals surface area contributed by atoms with E-state index in [4.69, 9.17) is 0 Å². The standard InChI is InChI=1S/C12H19N/c1-9-7-11(12(3,4)5)8-13(6)10(9)2/h7-8H,2H2,1,3-6H3. The molecule has 0 aromatic rings. The fraction of sp³-hybridized carbons (Fsp3) is 0.500. The highest BCUT2D eigenvalue weighted by molar-refractivity contribution is 5.41. The lowest BCUT2D eigenvalue weighted by Crippen LogP contribution is -2.20. The van der Waals surface area contributed by atoms with Gasteiger partial charge in [-0.15, -0.1) is 0 Å². The van der Waals surface area contributed by atoms with Crippen molar-refractivity contribution in [3.8, 4) is 0 Å². The van der Waals surface area contributed by atoms with Crippen molar-refractivity contribution >= 4 is 0 Å². The maximum atomic E-state index is 4.01. The Bertz CT molecular complexity index is 287. The SMILES string of the molecule is C=C1C(C)=CC(C(C)(C)C)=CN1C. The van der Waals surface area contributed by atoms with E-state index in [1.807, 2.05) is 7.05 Å². The van der Waals surface area contributed by atoms with Gasteiger partial charge in [-0.25, -0.2) is 0 Å². The van der Waals surface area contributed by atoms with Crippen LogP contribution in [-0.4, -0.2) is 11.9 Å². The molecule has 0 aromatic heterocycles. The van der Waals surface area contributed by atoms with Gasteiger partial charge in [0.05, 0.1) is 0 Å². The van der Waals surface area contributed by atoms with Crippen LogP contribution in [0, 0.1) is 5.41 Å². The summed E-state index contributed by atoms with van der Waals surface area (Å²) in [6.07, 6.45) is 4.39. The lowest BCUT2D eigenvalue weighted by atomic mass is 9.84. The number of hydrogen-bond acceptors (Lipinski definition) is 1. The molecular formula is C12H19N. The van der Waals surface area contributed by atoms with Crippen LogP contribution in [0.4, 0.5) is 0 Å². The average Bonchev–Trinajstić information content (AvgIpc) is 1.97. The molecule has 0 aromatic carbocycles. The third-order valence-corrected chi connectivity index (χ3v) is 2.45. The van der Waals surface area contributed by atoms with Crippen LogP contribution in [0.5, 0.6) is 0 Å². The Labute approximate surface area is 81.4 Å². The van der Waals surface area contributed by atoms with Crippen molar-refractivity contribution < 1.29 is 0 Å². The third-order valence-electron chi connectivity index (χ3n) is 2.45. The molecule has 0 saturated carbocycles. The first kappa shape index (κ1) is 10.1. The van der Waals surface area contributed by atoms with Crippen molar-refractivity contribution in [3.05, 3.63) is 35.7 Å². The Morgan fingerprint density at radius 1 is 1.31 bits per heavy atom. The summed E-state index contributed by atoms with van der Waals surface area (Å²) in [5, 5.41) is 0. The van der Waals surface area contributed by atoms with Crippen LogP contribution in [0.1, 0.15) is 27.7 Å². The molecule has 1 heterocycles. The molecule has 1 nitrogen and oxygen atoms in total. The number of nitrogens with zero attached hydrogens (tertiary/aromatic N) is 1. The van der Waals surface area contributed by atoms with Gasteiger partial charge < -0.3 is 4.90 Å². The van der Waals surface area contributed by atoms with Crippen molar-refractivity contribution in [1.29, 1.82) is 0 Å². The normalized spacial score (nSPS) is 18.5. The van der Waals surface area contributed by atoms with Crippen molar-refractivity contribution in [2.45, 2.75) is 27.7 Å². The van der Waals surface area contributed by atoms with Gasteiger partial charge in [-0.3, -0.25) is 0 Å². The average molecular weight is 177 g/mol. The minimum absolute atomic E-state index is 0.218. The lowest BCUT2D eigenvalue weighted by Gasteiger charge is -2.30. The molecule has 0 amide bonds. The zero-order valence-corrected chi connectivity index (χ0v) is 9.31. The second-order valence-electron chi connectivity index (χ2n) is 4.72. The van der Waals surface area contributed by atoms with Gasteiger partial charge in [0.1, 0.15) is 0 Å². The molecule has 13 heavy (non-hydrogen) atoms. The second-order valence-corrected chi connectivity index (χ2v) is 4.72. The van der Waals surface area contributed by atoms with E-state index in [1.165, 1.54) is 11.1 Å². The molecule has 0 N–H and O–H groups in total. The molecule has 1 aliphatic heterocycles. The molecule has 72 valence electrons. The minimum atomic E-state index is 0.218. The smallest absolute Gasteiger partial charge is 0.0360 e. The summed E-state index contributed by atoms with van der Waals surface area (Å²) in [6, 6.07) is 0. The van der Waals surface area contributed by atoms with E-state index in [-0.39, 0.29) is 5.41 Å². The van der Waals surface area contributed by atoms with Gasteiger partial charge in [0.2, 0.25) is 0 Å². The second kappa shape index (κ2) is 3.06. The first-order valence-electron chi connectivity index (χ1n) is 4.65. The van der Waals surface area contributed by atoms with Crippen molar-refractivity contribution in [3.63, 3.8) is 0 Å². The summed E-state index contributed by atoms with van der Waals surface area (Å²) < 4.78 is 0. The summed E-state index contributed by atoms with van der Waals surface area (Å²) >= 11 is 0. The summed E-state index contributed by atoms with van der Waals surface area (Å²) in [7, 11) is 2.05. The first-order valence-corrected chi connectivity index (χ1v) is 4.65. The molecule has 1 heteroatoms. The van der Waals surface area contributed by atoms with E-state index in [0.717, 1.165) is 5.70 Å². The van der Waals surface area contributed by atoms with Crippen molar-refractivity contribution in [2.75, 3.05) is 7.05 Å². The van der Waals surface area contributed by atoms with Crippen molar-refractivity contribution in [2.24, 2.45) is 5.41 Å². The number of likely N-dealkylation sites (N-methyl/N-ethyl adjacent to an activating group) is 1. The summed E-state index contributed by atoms with van der Waals surface area (Å²) in [6.45, 7) is 12.8. The van der Waals surface area contributed by atoms with Crippen LogP contribution in [0.15, 0.2) is 35.7 Å². The number of allylic oxidation sites excluding steroid dienone is 3.